The lowest BCUT2D eigenvalue weighted by molar-refractivity contribution is 0.0696. The van der Waals surface area contributed by atoms with E-state index in [0.717, 1.165) is 24.2 Å². The molecule has 0 spiro atoms. The zero-order chi connectivity index (χ0) is 13.0. The Morgan fingerprint density at radius 1 is 1.47 bits per heavy atom. The number of aryl methyl sites for hydroxylation is 1. The number of rotatable bonds is 5. The summed E-state index contributed by atoms with van der Waals surface area (Å²) in [6.45, 7) is 7.22. The maximum Gasteiger partial charge on any atom is 0.335 e. The van der Waals surface area contributed by atoms with Crippen LogP contribution in [0.15, 0.2) is 18.2 Å². The molecule has 1 rings (SSSR count). The van der Waals surface area contributed by atoms with Crippen molar-refractivity contribution in [2.45, 2.75) is 27.2 Å². The van der Waals surface area contributed by atoms with E-state index in [9.17, 15) is 4.79 Å². The highest BCUT2D eigenvalue weighted by molar-refractivity contribution is 5.89. The van der Waals surface area contributed by atoms with Crippen molar-refractivity contribution < 1.29 is 9.90 Å². The van der Waals surface area contributed by atoms with Gasteiger partial charge in [-0.15, -0.1) is 0 Å². The second-order valence-corrected chi connectivity index (χ2v) is 4.70. The van der Waals surface area contributed by atoms with E-state index in [4.69, 9.17) is 5.11 Å². The van der Waals surface area contributed by atoms with E-state index in [2.05, 4.69) is 18.7 Å². The third-order valence-corrected chi connectivity index (χ3v) is 3.16. The number of hydrogen-bond acceptors (Lipinski definition) is 2. The van der Waals surface area contributed by atoms with Gasteiger partial charge in [-0.05, 0) is 36.6 Å². The van der Waals surface area contributed by atoms with Gasteiger partial charge in [0.25, 0.3) is 0 Å². The van der Waals surface area contributed by atoms with Crippen LogP contribution in [0.1, 0.15) is 36.2 Å². The summed E-state index contributed by atoms with van der Waals surface area (Å²) < 4.78 is 0. The van der Waals surface area contributed by atoms with Crippen molar-refractivity contribution in [3.8, 4) is 0 Å². The number of carboxylic acids is 1. The minimum atomic E-state index is -0.862. The van der Waals surface area contributed by atoms with E-state index >= 15 is 0 Å². The molecule has 94 valence electrons. The van der Waals surface area contributed by atoms with Gasteiger partial charge in [0, 0.05) is 19.3 Å². The molecular weight excluding hydrogens is 214 g/mol. The van der Waals surface area contributed by atoms with Crippen LogP contribution in [0.2, 0.25) is 0 Å². The quantitative estimate of drug-likeness (QED) is 0.852. The predicted molar refractivity (Wildman–Crippen MR) is 70.9 cm³/mol. The molecule has 0 aliphatic heterocycles. The smallest absolute Gasteiger partial charge is 0.335 e. The zero-order valence-corrected chi connectivity index (χ0v) is 11.0. The Kier molecular flexibility index (Phi) is 4.55. The van der Waals surface area contributed by atoms with Crippen molar-refractivity contribution in [2.24, 2.45) is 5.92 Å². The highest BCUT2D eigenvalue weighted by Gasteiger charge is 2.10. The summed E-state index contributed by atoms with van der Waals surface area (Å²) in [5.41, 5.74) is 2.27. The van der Waals surface area contributed by atoms with Gasteiger partial charge in [0.15, 0.2) is 0 Å². The maximum absolute atomic E-state index is 10.9. The third kappa shape index (κ3) is 3.48. The Labute approximate surface area is 103 Å². The average Bonchev–Trinajstić information content (AvgIpc) is 2.28. The molecule has 0 bridgehead atoms. The van der Waals surface area contributed by atoms with Gasteiger partial charge in [-0.3, -0.25) is 0 Å². The summed E-state index contributed by atoms with van der Waals surface area (Å²) >= 11 is 0. The van der Waals surface area contributed by atoms with Crippen molar-refractivity contribution in [3.63, 3.8) is 0 Å². The molecule has 0 aliphatic carbocycles. The van der Waals surface area contributed by atoms with Gasteiger partial charge in [0.1, 0.15) is 0 Å². The molecule has 0 aromatic heterocycles. The van der Waals surface area contributed by atoms with Crippen molar-refractivity contribution >= 4 is 11.7 Å². The number of carboxylic acid groups (broad SMARTS) is 1. The first kappa shape index (κ1) is 13.6. The van der Waals surface area contributed by atoms with Crippen LogP contribution in [0, 0.1) is 12.8 Å². The van der Waals surface area contributed by atoms with Gasteiger partial charge in [-0.1, -0.05) is 20.3 Å². The lowest BCUT2D eigenvalue weighted by Crippen LogP contribution is -2.23. The molecule has 0 fully saturated rings. The van der Waals surface area contributed by atoms with E-state index in [0.29, 0.717) is 11.5 Å². The molecule has 0 saturated heterocycles. The van der Waals surface area contributed by atoms with Crippen LogP contribution in [0.5, 0.6) is 0 Å². The molecule has 1 N–H and O–H groups in total. The van der Waals surface area contributed by atoms with E-state index in [1.165, 1.54) is 0 Å². The van der Waals surface area contributed by atoms with Crippen molar-refractivity contribution in [1.29, 1.82) is 0 Å². The lowest BCUT2D eigenvalue weighted by Gasteiger charge is -2.23. The summed E-state index contributed by atoms with van der Waals surface area (Å²) in [5.74, 6) is -0.224. The van der Waals surface area contributed by atoms with Crippen LogP contribution in [0.4, 0.5) is 5.69 Å². The Bertz CT molecular complexity index is 401. The number of carbonyl (C=O) groups is 1. The van der Waals surface area contributed by atoms with Crippen LogP contribution in [0.25, 0.3) is 0 Å². The minimum absolute atomic E-state index is 0.380. The van der Waals surface area contributed by atoms with E-state index in [-0.39, 0.29) is 0 Å². The molecule has 0 radical (unpaired) electrons. The number of aromatic carboxylic acids is 1. The molecule has 0 amide bonds. The third-order valence-electron chi connectivity index (χ3n) is 3.16. The largest absolute Gasteiger partial charge is 0.478 e. The summed E-state index contributed by atoms with van der Waals surface area (Å²) in [7, 11) is 2.04. The van der Waals surface area contributed by atoms with Gasteiger partial charge in [0.05, 0.1) is 5.56 Å². The number of nitrogens with zero attached hydrogens (tertiary/aromatic N) is 1. The van der Waals surface area contributed by atoms with Crippen molar-refractivity contribution in [3.05, 3.63) is 29.3 Å². The number of benzene rings is 1. The Morgan fingerprint density at radius 2 is 2.12 bits per heavy atom. The normalized spacial score (nSPS) is 12.2. The lowest BCUT2D eigenvalue weighted by atomic mass is 10.1. The average molecular weight is 235 g/mol. The van der Waals surface area contributed by atoms with E-state index in [1.807, 2.05) is 26.1 Å². The van der Waals surface area contributed by atoms with Crippen LogP contribution < -0.4 is 4.90 Å². The van der Waals surface area contributed by atoms with Gasteiger partial charge in [-0.2, -0.15) is 0 Å². The van der Waals surface area contributed by atoms with Gasteiger partial charge in [0.2, 0.25) is 0 Å². The predicted octanol–water partition coefficient (Wildman–Crippen LogP) is 3.18. The highest BCUT2D eigenvalue weighted by atomic mass is 16.4. The maximum atomic E-state index is 10.9. The second-order valence-electron chi connectivity index (χ2n) is 4.70. The zero-order valence-electron chi connectivity index (χ0n) is 11.0. The SMILES string of the molecule is CCC(C)CN(C)c1ccc(C(=O)O)c(C)c1. The molecule has 1 unspecified atom stereocenters. The standard InChI is InChI=1S/C14H21NO2/c1-5-10(2)9-15(4)12-6-7-13(14(16)17)11(3)8-12/h6-8,10H,5,9H2,1-4H3,(H,16,17). The fourth-order valence-electron chi connectivity index (χ4n) is 1.83. The molecule has 1 aromatic carbocycles. The minimum Gasteiger partial charge on any atom is -0.478 e. The van der Waals surface area contributed by atoms with Gasteiger partial charge in [-0.25, -0.2) is 4.79 Å². The molecule has 0 aliphatic rings. The number of anilines is 1. The molecule has 17 heavy (non-hydrogen) atoms. The van der Waals surface area contributed by atoms with E-state index < -0.39 is 5.97 Å². The first-order valence-corrected chi connectivity index (χ1v) is 6.00. The summed E-state index contributed by atoms with van der Waals surface area (Å²) in [6, 6.07) is 5.49. The van der Waals surface area contributed by atoms with E-state index in [1.54, 1.807) is 6.07 Å². The first-order valence-electron chi connectivity index (χ1n) is 6.00. The summed E-state index contributed by atoms with van der Waals surface area (Å²) in [5, 5.41) is 8.97. The molecule has 3 nitrogen and oxygen atoms in total. The highest BCUT2D eigenvalue weighted by Crippen LogP contribution is 2.19. The van der Waals surface area contributed by atoms with Crippen molar-refractivity contribution in [2.75, 3.05) is 18.5 Å². The van der Waals surface area contributed by atoms with Gasteiger partial charge >= 0.3 is 5.97 Å². The first-order chi connectivity index (χ1) is 7.95. The molecule has 0 saturated carbocycles. The summed E-state index contributed by atoms with van der Waals surface area (Å²) in [6.07, 6.45) is 1.15. The van der Waals surface area contributed by atoms with Crippen LogP contribution in [0.3, 0.4) is 0 Å². The van der Waals surface area contributed by atoms with Gasteiger partial charge < -0.3 is 10.0 Å². The summed E-state index contributed by atoms with van der Waals surface area (Å²) in [4.78, 5) is 13.1. The Hall–Kier alpha value is -1.51. The Balaban J connectivity index is 2.86. The van der Waals surface area contributed by atoms with Crippen LogP contribution in [-0.2, 0) is 0 Å². The Morgan fingerprint density at radius 3 is 2.59 bits per heavy atom. The number of hydrogen-bond donors (Lipinski definition) is 1. The molecular formula is C14H21NO2. The fraction of sp³-hybridized carbons (Fsp3) is 0.500. The van der Waals surface area contributed by atoms with Crippen LogP contribution in [-0.4, -0.2) is 24.7 Å². The van der Waals surface area contributed by atoms with Crippen LogP contribution >= 0.6 is 0 Å². The second kappa shape index (κ2) is 5.71. The van der Waals surface area contributed by atoms with Crippen molar-refractivity contribution in [1.82, 2.24) is 0 Å². The molecule has 1 atom stereocenters. The monoisotopic (exact) mass is 235 g/mol. The fourth-order valence-corrected chi connectivity index (χ4v) is 1.83. The molecule has 3 heteroatoms. The molecule has 0 heterocycles. The molecule has 1 aromatic rings. The topological polar surface area (TPSA) is 40.5 Å².